The molecule has 0 aliphatic carbocycles. The number of aliphatic carboxylic acids is 1. The van der Waals surface area contributed by atoms with Gasteiger partial charge in [-0.25, -0.2) is 4.79 Å². The molecule has 0 aliphatic rings. The summed E-state index contributed by atoms with van der Waals surface area (Å²) in [6.45, 7) is -0.818. The molecule has 15 heavy (non-hydrogen) atoms. The summed E-state index contributed by atoms with van der Waals surface area (Å²) in [6, 6.07) is 0. The lowest BCUT2D eigenvalue weighted by molar-refractivity contribution is -0.173. The Bertz CT molecular complexity index is 216. The van der Waals surface area contributed by atoms with Gasteiger partial charge < -0.3 is 15.2 Å². The molecule has 0 fully saturated rings. The van der Waals surface area contributed by atoms with Crippen LogP contribution >= 0.6 is 0 Å². The zero-order valence-electron chi connectivity index (χ0n) is 7.88. The first-order chi connectivity index (χ1) is 6.92. The van der Waals surface area contributed by atoms with E-state index >= 15 is 0 Å². The van der Waals surface area contributed by atoms with Crippen molar-refractivity contribution in [1.82, 2.24) is 5.32 Å². The van der Waals surface area contributed by atoms with E-state index < -0.39 is 18.8 Å². The molecule has 4 nitrogen and oxygen atoms in total. The van der Waals surface area contributed by atoms with Gasteiger partial charge in [0.1, 0.15) is 6.61 Å². The van der Waals surface area contributed by atoms with Gasteiger partial charge in [-0.1, -0.05) is 6.08 Å². The Balaban J connectivity index is 3.22. The highest BCUT2D eigenvalue weighted by molar-refractivity contribution is 5.79. The van der Waals surface area contributed by atoms with Crippen molar-refractivity contribution in [3.8, 4) is 0 Å². The van der Waals surface area contributed by atoms with Crippen molar-refractivity contribution >= 4 is 5.97 Å². The van der Waals surface area contributed by atoms with E-state index in [1.54, 1.807) is 0 Å². The average Bonchev–Trinajstić information content (AvgIpc) is 2.07. The molecule has 0 aliphatic heterocycles. The minimum absolute atomic E-state index is 0.0690. The van der Waals surface area contributed by atoms with E-state index in [4.69, 9.17) is 5.11 Å². The van der Waals surface area contributed by atoms with E-state index in [1.165, 1.54) is 6.08 Å². The normalized spacial score (nSPS) is 12.2. The predicted molar refractivity (Wildman–Crippen MR) is 46.5 cm³/mol. The third kappa shape index (κ3) is 12.9. The lowest BCUT2D eigenvalue weighted by atomic mass is 10.5. The van der Waals surface area contributed by atoms with Crippen molar-refractivity contribution in [1.29, 1.82) is 0 Å². The third-order valence-electron chi connectivity index (χ3n) is 1.21. The first-order valence-electron chi connectivity index (χ1n) is 4.16. The zero-order chi connectivity index (χ0) is 11.7. The van der Waals surface area contributed by atoms with Gasteiger partial charge in [-0.05, 0) is 0 Å². The summed E-state index contributed by atoms with van der Waals surface area (Å²) in [4.78, 5) is 9.98. The van der Waals surface area contributed by atoms with Crippen LogP contribution in [0.15, 0.2) is 12.2 Å². The Kier molecular flexibility index (Phi) is 6.72. The van der Waals surface area contributed by atoms with Gasteiger partial charge in [0, 0.05) is 19.2 Å². The number of carboxylic acid groups (broad SMARTS) is 1. The van der Waals surface area contributed by atoms with Crippen LogP contribution in [0.2, 0.25) is 0 Å². The second kappa shape index (κ2) is 7.24. The molecular formula is C8H12F3NO3. The Hall–Kier alpha value is -1.08. The molecule has 2 N–H and O–H groups in total. The van der Waals surface area contributed by atoms with E-state index in [9.17, 15) is 18.0 Å². The molecule has 0 saturated carbocycles. The van der Waals surface area contributed by atoms with Crippen LogP contribution in [0, 0.1) is 0 Å². The number of carbonyl (C=O) groups is 1. The number of alkyl halides is 3. The predicted octanol–water partition coefficient (Wildman–Crippen LogP) is 0.796. The number of hydrogen-bond donors (Lipinski definition) is 2. The van der Waals surface area contributed by atoms with Crippen LogP contribution in [0.4, 0.5) is 13.2 Å². The molecule has 0 atom stereocenters. The van der Waals surface area contributed by atoms with Gasteiger partial charge >= 0.3 is 12.1 Å². The van der Waals surface area contributed by atoms with Gasteiger partial charge in [0.2, 0.25) is 0 Å². The number of halogens is 3. The first-order valence-corrected chi connectivity index (χ1v) is 4.16. The molecule has 0 amide bonds. The Labute approximate surface area is 84.7 Å². The molecule has 0 heterocycles. The number of carboxylic acids is 1. The molecule has 0 radical (unpaired) electrons. The Morgan fingerprint density at radius 1 is 1.47 bits per heavy atom. The molecule has 0 bridgehead atoms. The van der Waals surface area contributed by atoms with Crippen LogP contribution in [-0.2, 0) is 9.53 Å². The standard InChI is InChI=1S/C8H12F3NO3/c9-8(10,11)6-15-5-4-12-3-1-2-7(13)14/h1-2,12H,3-6H2,(H,13,14)/b2-1+. The van der Waals surface area contributed by atoms with Crippen LogP contribution in [-0.4, -0.2) is 43.6 Å². The smallest absolute Gasteiger partial charge is 0.411 e. The monoisotopic (exact) mass is 227 g/mol. The molecule has 0 aromatic rings. The van der Waals surface area contributed by atoms with Crippen LogP contribution in [0.3, 0.4) is 0 Å². The van der Waals surface area contributed by atoms with Crippen LogP contribution in [0.25, 0.3) is 0 Å². The largest absolute Gasteiger partial charge is 0.478 e. The Morgan fingerprint density at radius 3 is 2.67 bits per heavy atom. The summed E-state index contributed by atoms with van der Waals surface area (Å²) in [7, 11) is 0. The third-order valence-corrected chi connectivity index (χ3v) is 1.21. The highest BCUT2D eigenvalue weighted by atomic mass is 19.4. The summed E-state index contributed by atoms with van der Waals surface area (Å²) in [5.74, 6) is -1.06. The van der Waals surface area contributed by atoms with Crippen LogP contribution < -0.4 is 5.32 Å². The van der Waals surface area contributed by atoms with Gasteiger partial charge in [0.05, 0.1) is 6.61 Å². The van der Waals surface area contributed by atoms with Crippen molar-refractivity contribution in [3.63, 3.8) is 0 Å². The molecule has 0 saturated heterocycles. The van der Waals surface area contributed by atoms with Crippen molar-refractivity contribution in [2.45, 2.75) is 6.18 Å². The molecule has 0 aromatic heterocycles. The minimum Gasteiger partial charge on any atom is -0.478 e. The first kappa shape index (κ1) is 13.9. The lowest BCUT2D eigenvalue weighted by Crippen LogP contribution is -2.24. The molecule has 88 valence electrons. The van der Waals surface area contributed by atoms with Crippen molar-refractivity contribution < 1.29 is 27.8 Å². The summed E-state index contributed by atoms with van der Waals surface area (Å²) in [6.07, 6.45) is -2.00. The lowest BCUT2D eigenvalue weighted by Gasteiger charge is -2.07. The topological polar surface area (TPSA) is 58.6 Å². The molecular weight excluding hydrogens is 215 g/mol. The number of hydrogen-bond acceptors (Lipinski definition) is 3. The summed E-state index contributed by atoms with van der Waals surface area (Å²) in [5, 5.41) is 10.9. The van der Waals surface area contributed by atoms with Gasteiger partial charge in [-0.2, -0.15) is 13.2 Å². The van der Waals surface area contributed by atoms with Crippen molar-refractivity contribution in [2.24, 2.45) is 0 Å². The maximum Gasteiger partial charge on any atom is 0.411 e. The van der Waals surface area contributed by atoms with Crippen molar-refractivity contribution in [2.75, 3.05) is 26.3 Å². The fourth-order valence-electron chi connectivity index (χ4n) is 0.677. The maximum atomic E-state index is 11.6. The maximum absolute atomic E-state index is 11.6. The number of rotatable bonds is 7. The van der Waals surface area contributed by atoms with Crippen molar-refractivity contribution in [3.05, 3.63) is 12.2 Å². The van der Waals surface area contributed by atoms with Gasteiger partial charge in [0.15, 0.2) is 0 Å². The second-order valence-corrected chi connectivity index (χ2v) is 2.61. The van der Waals surface area contributed by atoms with E-state index in [0.717, 1.165) is 6.08 Å². The minimum atomic E-state index is -4.30. The van der Waals surface area contributed by atoms with Gasteiger partial charge in [-0.3, -0.25) is 0 Å². The SMILES string of the molecule is O=C(O)/C=C/CNCCOCC(F)(F)F. The highest BCUT2D eigenvalue weighted by Crippen LogP contribution is 2.13. The fourth-order valence-corrected chi connectivity index (χ4v) is 0.677. The summed E-state index contributed by atoms with van der Waals surface area (Å²) in [5.41, 5.74) is 0. The van der Waals surface area contributed by atoms with Gasteiger partial charge in [-0.15, -0.1) is 0 Å². The van der Waals surface area contributed by atoms with E-state index in [2.05, 4.69) is 10.1 Å². The molecule has 0 aromatic carbocycles. The van der Waals surface area contributed by atoms with E-state index in [0.29, 0.717) is 0 Å². The van der Waals surface area contributed by atoms with E-state index in [1.807, 2.05) is 0 Å². The van der Waals surface area contributed by atoms with Crippen LogP contribution in [0.1, 0.15) is 0 Å². The second-order valence-electron chi connectivity index (χ2n) is 2.61. The molecule has 0 rings (SSSR count). The molecule has 0 spiro atoms. The number of nitrogens with one attached hydrogen (secondary N) is 1. The number of ether oxygens (including phenoxy) is 1. The quantitative estimate of drug-likeness (QED) is 0.499. The van der Waals surface area contributed by atoms with Crippen LogP contribution in [0.5, 0.6) is 0 Å². The summed E-state index contributed by atoms with van der Waals surface area (Å²) < 4.78 is 39.0. The summed E-state index contributed by atoms with van der Waals surface area (Å²) >= 11 is 0. The zero-order valence-corrected chi connectivity index (χ0v) is 7.88. The highest BCUT2D eigenvalue weighted by Gasteiger charge is 2.26. The molecule has 0 unspecified atom stereocenters. The van der Waals surface area contributed by atoms with Gasteiger partial charge in [0.25, 0.3) is 0 Å². The fraction of sp³-hybridized carbons (Fsp3) is 0.625. The van der Waals surface area contributed by atoms with E-state index in [-0.39, 0.29) is 19.7 Å². The Morgan fingerprint density at radius 2 is 2.13 bits per heavy atom. The average molecular weight is 227 g/mol. The molecule has 7 heteroatoms.